The summed E-state index contributed by atoms with van der Waals surface area (Å²) in [6, 6.07) is 12.3. The molecule has 2 aromatic rings. The van der Waals surface area contributed by atoms with Gasteiger partial charge in [-0.05, 0) is 31.2 Å². The highest BCUT2D eigenvalue weighted by molar-refractivity contribution is 6.05. The molecule has 0 bridgehead atoms. The van der Waals surface area contributed by atoms with Gasteiger partial charge in [-0.15, -0.1) is 0 Å². The van der Waals surface area contributed by atoms with E-state index in [0.717, 1.165) is 11.3 Å². The molecule has 5 nitrogen and oxygen atoms in total. The van der Waals surface area contributed by atoms with Crippen molar-refractivity contribution in [2.45, 2.75) is 6.92 Å². The molecule has 0 spiro atoms. The number of pyridine rings is 1. The van der Waals surface area contributed by atoms with Crippen LogP contribution >= 0.6 is 0 Å². The standard InChI is InChI=1S/C16H16N2O3/c1-11-7-9-12(10-8-11)18(2)15(19)13-5-4-6-14(17-13)16(20)21-3/h4-10H,1-3H3. The third-order valence-electron chi connectivity index (χ3n) is 3.09. The Morgan fingerprint density at radius 3 is 2.29 bits per heavy atom. The highest BCUT2D eigenvalue weighted by atomic mass is 16.5. The number of carbonyl (C=O) groups is 2. The van der Waals surface area contributed by atoms with Crippen LogP contribution in [0, 0.1) is 6.92 Å². The van der Waals surface area contributed by atoms with Crippen LogP contribution in [0.2, 0.25) is 0 Å². The maximum absolute atomic E-state index is 12.4. The molecule has 0 radical (unpaired) electrons. The number of esters is 1. The quantitative estimate of drug-likeness (QED) is 0.812. The molecule has 0 aliphatic carbocycles. The number of carbonyl (C=O) groups excluding carboxylic acids is 2. The highest BCUT2D eigenvalue weighted by Crippen LogP contribution is 2.16. The molecule has 1 heterocycles. The van der Waals surface area contributed by atoms with Gasteiger partial charge in [0.15, 0.2) is 0 Å². The second-order valence-corrected chi connectivity index (χ2v) is 4.60. The van der Waals surface area contributed by atoms with Crippen molar-refractivity contribution in [2.24, 2.45) is 0 Å². The van der Waals surface area contributed by atoms with Crippen molar-refractivity contribution in [2.75, 3.05) is 19.1 Å². The fraction of sp³-hybridized carbons (Fsp3) is 0.188. The van der Waals surface area contributed by atoms with Gasteiger partial charge >= 0.3 is 5.97 Å². The number of hydrogen-bond donors (Lipinski definition) is 0. The van der Waals surface area contributed by atoms with Gasteiger partial charge in [0, 0.05) is 12.7 Å². The van der Waals surface area contributed by atoms with Gasteiger partial charge < -0.3 is 9.64 Å². The summed E-state index contributed by atoms with van der Waals surface area (Å²) < 4.78 is 4.60. The Bertz CT molecular complexity index is 665. The SMILES string of the molecule is COC(=O)c1cccc(C(=O)N(C)c2ccc(C)cc2)n1. The second-order valence-electron chi connectivity index (χ2n) is 4.60. The zero-order chi connectivity index (χ0) is 15.4. The lowest BCUT2D eigenvalue weighted by molar-refractivity contribution is 0.0594. The molecule has 1 amide bonds. The fourth-order valence-electron chi connectivity index (χ4n) is 1.83. The first-order valence-electron chi connectivity index (χ1n) is 6.43. The summed E-state index contributed by atoms with van der Waals surface area (Å²) in [7, 11) is 2.94. The Morgan fingerprint density at radius 2 is 1.67 bits per heavy atom. The summed E-state index contributed by atoms with van der Waals surface area (Å²) in [6.45, 7) is 1.98. The molecule has 21 heavy (non-hydrogen) atoms. The van der Waals surface area contributed by atoms with Crippen LogP contribution in [0.4, 0.5) is 5.69 Å². The van der Waals surface area contributed by atoms with Crippen molar-refractivity contribution in [3.63, 3.8) is 0 Å². The van der Waals surface area contributed by atoms with Crippen molar-refractivity contribution < 1.29 is 14.3 Å². The van der Waals surface area contributed by atoms with Crippen LogP contribution in [0.25, 0.3) is 0 Å². The first-order valence-corrected chi connectivity index (χ1v) is 6.43. The Balaban J connectivity index is 2.27. The minimum Gasteiger partial charge on any atom is -0.464 e. The maximum Gasteiger partial charge on any atom is 0.356 e. The largest absolute Gasteiger partial charge is 0.464 e. The lowest BCUT2D eigenvalue weighted by atomic mass is 10.2. The molecular formula is C16H16N2O3. The van der Waals surface area contributed by atoms with E-state index in [9.17, 15) is 9.59 Å². The van der Waals surface area contributed by atoms with E-state index in [4.69, 9.17) is 0 Å². The number of amides is 1. The van der Waals surface area contributed by atoms with Crippen LogP contribution in [-0.4, -0.2) is 31.0 Å². The Kier molecular flexibility index (Phi) is 4.33. The zero-order valence-corrected chi connectivity index (χ0v) is 12.2. The summed E-state index contributed by atoms with van der Waals surface area (Å²) in [5.41, 5.74) is 2.18. The number of benzene rings is 1. The van der Waals surface area contributed by atoms with Crippen LogP contribution in [0.15, 0.2) is 42.5 Å². The molecule has 0 saturated carbocycles. The van der Waals surface area contributed by atoms with Crippen LogP contribution in [0.3, 0.4) is 0 Å². The van der Waals surface area contributed by atoms with Gasteiger partial charge in [-0.25, -0.2) is 9.78 Å². The first-order chi connectivity index (χ1) is 10.0. The van der Waals surface area contributed by atoms with E-state index in [1.165, 1.54) is 18.1 Å². The number of anilines is 1. The fourth-order valence-corrected chi connectivity index (χ4v) is 1.83. The summed E-state index contributed by atoms with van der Waals surface area (Å²) >= 11 is 0. The van der Waals surface area contributed by atoms with Gasteiger partial charge in [-0.2, -0.15) is 0 Å². The van der Waals surface area contributed by atoms with Gasteiger partial charge in [-0.3, -0.25) is 4.79 Å². The predicted molar refractivity (Wildman–Crippen MR) is 79.5 cm³/mol. The van der Waals surface area contributed by atoms with Crippen LogP contribution in [0.1, 0.15) is 26.5 Å². The van der Waals surface area contributed by atoms with Crippen LogP contribution < -0.4 is 4.90 Å². The van der Waals surface area contributed by atoms with Gasteiger partial charge in [0.25, 0.3) is 5.91 Å². The van der Waals surface area contributed by atoms with E-state index in [1.54, 1.807) is 19.2 Å². The van der Waals surface area contributed by atoms with Gasteiger partial charge in [0.05, 0.1) is 7.11 Å². The first kappa shape index (κ1) is 14.7. The van der Waals surface area contributed by atoms with Crippen molar-refractivity contribution in [1.29, 1.82) is 0 Å². The molecular weight excluding hydrogens is 268 g/mol. The number of hydrogen-bond acceptors (Lipinski definition) is 4. The number of rotatable bonds is 3. The van der Waals surface area contributed by atoms with Crippen molar-refractivity contribution in [3.8, 4) is 0 Å². The van der Waals surface area contributed by atoms with E-state index in [0.29, 0.717) is 0 Å². The smallest absolute Gasteiger partial charge is 0.356 e. The summed E-state index contributed by atoms with van der Waals surface area (Å²) in [5.74, 6) is -0.854. The van der Waals surface area contributed by atoms with E-state index in [-0.39, 0.29) is 17.3 Å². The van der Waals surface area contributed by atoms with E-state index < -0.39 is 5.97 Å². The van der Waals surface area contributed by atoms with Gasteiger partial charge in [0.1, 0.15) is 11.4 Å². The molecule has 0 saturated heterocycles. The van der Waals surface area contributed by atoms with E-state index in [1.807, 2.05) is 31.2 Å². The molecule has 0 fully saturated rings. The van der Waals surface area contributed by atoms with Crippen LogP contribution in [0.5, 0.6) is 0 Å². The third-order valence-corrected chi connectivity index (χ3v) is 3.09. The minimum absolute atomic E-state index is 0.112. The zero-order valence-electron chi connectivity index (χ0n) is 12.2. The van der Waals surface area contributed by atoms with E-state index in [2.05, 4.69) is 9.72 Å². The highest BCUT2D eigenvalue weighted by Gasteiger charge is 2.17. The summed E-state index contributed by atoms with van der Waals surface area (Å²) in [6.07, 6.45) is 0. The number of methoxy groups -OCH3 is 1. The second kappa shape index (κ2) is 6.17. The molecule has 1 aromatic heterocycles. The number of ether oxygens (including phenoxy) is 1. The molecule has 108 valence electrons. The maximum atomic E-state index is 12.4. The Labute approximate surface area is 123 Å². The molecule has 1 aromatic carbocycles. The minimum atomic E-state index is -0.567. The molecule has 0 unspecified atom stereocenters. The average molecular weight is 284 g/mol. The van der Waals surface area contributed by atoms with Crippen molar-refractivity contribution in [1.82, 2.24) is 4.98 Å². The average Bonchev–Trinajstić information content (AvgIpc) is 2.53. The normalized spacial score (nSPS) is 10.0. The monoisotopic (exact) mass is 284 g/mol. The lowest BCUT2D eigenvalue weighted by Gasteiger charge is -2.17. The molecule has 0 aliphatic heterocycles. The van der Waals surface area contributed by atoms with Crippen molar-refractivity contribution in [3.05, 3.63) is 59.4 Å². The summed E-state index contributed by atoms with van der Waals surface area (Å²) in [4.78, 5) is 29.4. The predicted octanol–water partition coefficient (Wildman–Crippen LogP) is 2.45. The van der Waals surface area contributed by atoms with E-state index >= 15 is 0 Å². The Morgan fingerprint density at radius 1 is 1.05 bits per heavy atom. The van der Waals surface area contributed by atoms with Crippen molar-refractivity contribution >= 4 is 17.6 Å². The third kappa shape index (κ3) is 3.25. The lowest BCUT2D eigenvalue weighted by Crippen LogP contribution is -2.27. The topological polar surface area (TPSA) is 59.5 Å². The summed E-state index contributed by atoms with van der Waals surface area (Å²) in [5, 5.41) is 0. The Hall–Kier alpha value is -2.69. The van der Waals surface area contributed by atoms with Crippen LogP contribution in [-0.2, 0) is 4.74 Å². The van der Waals surface area contributed by atoms with Gasteiger partial charge in [-0.1, -0.05) is 23.8 Å². The molecule has 0 aliphatic rings. The molecule has 0 N–H and O–H groups in total. The number of aromatic nitrogens is 1. The number of aryl methyl sites for hydroxylation is 1. The number of nitrogens with zero attached hydrogens (tertiary/aromatic N) is 2. The molecule has 2 rings (SSSR count). The molecule has 0 atom stereocenters. The van der Waals surface area contributed by atoms with Gasteiger partial charge in [0.2, 0.25) is 0 Å². The molecule has 5 heteroatoms.